The maximum absolute atomic E-state index is 13.7. The molecule has 0 saturated carbocycles. The highest BCUT2D eigenvalue weighted by atomic mass is 79.9. The van der Waals surface area contributed by atoms with Crippen molar-refractivity contribution >= 4 is 15.9 Å². The second-order valence-electron chi connectivity index (χ2n) is 4.34. The number of methoxy groups -OCH3 is 1. The number of ether oxygens (including phenoxy) is 1. The second kappa shape index (κ2) is 6.05. The average molecular weight is 363 g/mol. The van der Waals surface area contributed by atoms with Gasteiger partial charge in [0.2, 0.25) is 0 Å². The lowest BCUT2D eigenvalue weighted by Crippen LogP contribution is -2.10. The van der Waals surface area contributed by atoms with E-state index in [2.05, 4.69) is 15.9 Å². The van der Waals surface area contributed by atoms with Gasteiger partial charge in [0.15, 0.2) is 11.6 Å². The molecule has 0 amide bonds. The van der Waals surface area contributed by atoms with Crippen molar-refractivity contribution in [3.05, 3.63) is 65.0 Å². The minimum Gasteiger partial charge on any atom is -0.494 e. The van der Waals surface area contributed by atoms with Crippen molar-refractivity contribution in [3.8, 4) is 5.75 Å². The molecule has 112 valence electrons. The van der Waals surface area contributed by atoms with Gasteiger partial charge in [-0.1, -0.05) is 40.2 Å². The zero-order valence-corrected chi connectivity index (χ0v) is 12.5. The van der Waals surface area contributed by atoms with Gasteiger partial charge in [0.1, 0.15) is 0 Å². The van der Waals surface area contributed by atoms with Crippen LogP contribution < -0.4 is 4.74 Å². The SMILES string of the molecule is COc1ccc(C(Br)c2ccccc2C(F)(F)F)cc1F. The fraction of sp³-hybridized carbons (Fsp3) is 0.200. The van der Waals surface area contributed by atoms with E-state index in [0.29, 0.717) is 5.56 Å². The van der Waals surface area contributed by atoms with Gasteiger partial charge in [-0.2, -0.15) is 13.2 Å². The van der Waals surface area contributed by atoms with Crippen LogP contribution in [0, 0.1) is 5.82 Å². The smallest absolute Gasteiger partial charge is 0.416 e. The van der Waals surface area contributed by atoms with Gasteiger partial charge in [-0.25, -0.2) is 4.39 Å². The zero-order valence-electron chi connectivity index (χ0n) is 10.9. The molecule has 0 aliphatic heterocycles. The topological polar surface area (TPSA) is 9.23 Å². The van der Waals surface area contributed by atoms with Crippen LogP contribution in [-0.2, 0) is 6.18 Å². The Morgan fingerprint density at radius 2 is 1.76 bits per heavy atom. The fourth-order valence-corrected chi connectivity index (χ4v) is 2.68. The first kappa shape index (κ1) is 15.8. The summed E-state index contributed by atoms with van der Waals surface area (Å²) in [5.41, 5.74) is -0.331. The summed E-state index contributed by atoms with van der Waals surface area (Å²) in [4.78, 5) is -0.768. The first-order valence-corrected chi connectivity index (χ1v) is 6.89. The van der Waals surface area contributed by atoms with Crippen LogP contribution >= 0.6 is 15.9 Å². The summed E-state index contributed by atoms with van der Waals surface area (Å²) in [5.74, 6) is -0.577. The van der Waals surface area contributed by atoms with Crippen LogP contribution in [0.15, 0.2) is 42.5 Å². The quantitative estimate of drug-likeness (QED) is 0.529. The number of rotatable bonds is 3. The van der Waals surface area contributed by atoms with Crippen LogP contribution in [0.1, 0.15) is 21.5 Å². The Kier molecular flexibility index (Phi) is 4.56. The molecule has 0 aliphatic carbocycles. The lowest BCUT2D eigenvalue weighted by Gasteiger charge is -2.17. The molecule has 0 saturated heterocycles. The highest BCUT2D eigenvalue weighted by Crippen LogP contribution is 2.40. The van der Waals surface area contributed by atoms with E-state index in [9.17, 15) is 17.6 Å². The first-order valence-electron chi connectivity index (χ1n) is 5.98. The normalized spacial score (nSPS) is 13.0. The molecule has 0 aromatic heterocycles. The molecule has 0 N–H and O–H groups in total. The van der Waals surface area contributed by atoms with Crippen LogP contribution in [-0.4, -0.2) is 7.11 Å². The van der Waals surface area contributed by atoms with Gasteiger partial charge in [0, 0.05) is 0 Å². The maximum Gasteiger partial charge on any atom is 0.416 e. The minimum absolute atomic E-state index is 0.0366. The Morgan fingerprint density at radius 3 is 2.33 bits per heavy atom. The summed E-state index contributed by atoms with van der Waals surface area (Å²) in [5, 5.41) is 0. The molecule has 2 rings (SSSR count). The van der Waals surface area contributed by atoms with Crippen molar-refractivity contribution < 1.29 is 22.3 Å². The van der Waals surface area contributed by atoms with Crippen LogP contribution in [0.2, 0.25) is 0 Å². The third-order valence-corrected chi connectivity index (χ3v) is 4.03. The molecule has 0 aliphatic rings. The van der Waals surface area contributed by atoms with E-state index < -0.39 is 22.4 Å². The molecule has 1 nitrogen and oxygen atoms in total. The monoisotopic (exact) mass is 362 g/mol. The number of halogens is 5. The van der Waals surface area contributed by atoms with Crippen LogP contribution in [0.3, 0.4) is 0 Å². The van der Waals surface area contributed by atoms with Crippen LogP contribution in [0.25, 0.3) is 0 Å². The molecule has 0 radical (unpaired) electrons. The van der Waals surface area contributed by atoms with Crippen molar-refractivity contribution in [2.24, 2.45) is 0 Å². The Labute approximate surface area is 127 Å². The molecule has 21 heavy (non-hydrogen) atoms. The highest BCUT2D eigenvalue weighted by molar-refractivity contribution is 9.09. The Morgan fingerprint density at radius 1 is 1.10 bits per heavy atom. The molecule has 1 unspecified atom stereocenters. The lowest BCUT2D eigenvalue weighted by molar-refractivity contribution is -0.138. The predicted molar refractivity (Wildman–Crippen MR) is 75.2 cm³/mol. The Balaban J connectivity index is 2.45. The van der Waals surface area contributed by atoms with Crippen molar-refractivity contribution in [2.75, 3.05) is 7.11 Å². The summed E-state index contributed by atoms with van der Waals surface area (Å²) < 4.78 is 57.5. The van der Waals surface area contributed by atoms with Gasteiger partial charge in [0.05, 0.1) is 17.5 Å². The summed E-state index contributed by atoms with van der Waals surface area (Å²) in [7, 11) is 1.32. The van der Waals surface area contributed by atoms with Crippen molar-refractivity contribution in [1.29, 1.82) is 0 Å². The van der Waals surface area contributed by atoms with Crippen molar-refractivity contribution in [1.82, 2.24) is 0 Å². The number of benzene rings is 2. The van der Waals surface area contributed by atoms with Gasteiger partial charge < -0.3 is 4.74 Å². The van der Waals surface area contributed by atoms with Gasteiger partial charge in [-0.15, -0.1) is 0 Å². The third kappa shape index (κ3) is 3.37. The molecule has 0 bridgehead atoms. The predicted octanol–water partition coefficient (Wildman–Crippen LogP) is 5.34. The van der Waals surface area contributed by atoms with Crippen LogP contribution in [0.4, 0.5) is 17.6 Å². The largest absolute Gasteiger partial charge is 0.494 e. The molecular weight excluding hydrogens is 352 g/mol. The van der Waals surface area contributed by atoms with E-state index in [4.69, 9.17) is 4.74 Å². The van der Waals surface area contributed by atoms with Gasteiger partial charge in [-0.05, 0) is 29.3 Å². The fourth-order valence-electron chi connectivity index (χ4n) is 2.00. The van der Waals surface area contributed by atoms with Crippen molar-refractivity contribution in [3.63, 3.8) is 0 Å². The zero-order chi connectivity index (χ0) is 15.6. The first-order chi connectivity index (χ1) is 9.84. The van der Waals surface area contributed by atoms with E-state index in [1.165, 1.54) is 37.4 Å². The minimum atomic E-state index is -4.46. The summed E-state index contributed by atoms with van der Waals surface area (Å²) in [6.07, 6.45) is -4.46. The molecule has 6 heteroatoms. The molecule has 0 heterocycles. The Hall–Kier alpha value is -1.56. The van der Waals surface area contributed by atoms with E-state index in [-0.39, 0.29) is 11.3 Å². The van der Waals surface area contributed by atoms with Crippen molar-refractivity contribution in [2.45, 2.75) is 11.0 Å². The molecule has 2 aromatic rings. The second-order valence-corrected chi connectivity index (χ2v) is 5.26. The van der Waals surface area contributed by atoms with Gasteiger partial charge in [-0.3, -0.25) is 0 Å². The van der Waals surface area contributed by atoms with E-state index >= 15 is 0 Å². The number of alkyl halides is 4. The molecule has 0 fully saturated rings. The van der Waals surface area contributed by atoms with E-state index in [1.54, 1.807) is 0 Å². The maximum atomic E-state index is 13.7. The van der Waals surface area contributed by atoms with E-state index in [1.807, 2.05) is 0 Å². The van der Waals surface area contributed by atoms with Gasteiger partial charge in [0.25, 0.3) is 0 Å². The molecule has 2 aromatic carbocycles. The van der Waals surface area contributed by atoms with Gasteiger partial charge >= 0.3 is 6.18 Å². The highest BCUT2D eigenvalue weighted by Gasteiger charge is 2.34. The molecule has 1 atom stereocenters. The summed E-state index contributed by atoms with van der Waals surface area (Å²) in [6.45, 7) is 0. The Bertz CT molecular complexity index is 640. The average Bonchev–Trinajstić information content (AvgIpc) is 2.45. The van der Waals surface area contributed by atoms with E-state index in [0.717, 1.165) is 12.1 Å². The van der Waals surface area contributed by atoms with Crippen LogP contribution in [0.5, 0.6) is 5.75 Å². The summed E-state index contributed by atoms with van der Waals surface area (Å²) >= 11 is 3.21. The lowest BCUT2D eigenvalue weighted by atomic mass is 9.99. The standard InChI is InChI=1S/C15H11BrF4O/c1-21-13-7-6-9(8-12(13)17)14(16)10-4-2-3-5-11(10)15(18,19)20/h2-8,14H,1H3. The number of hydrogen-bond donors (Lipinski definition) is 0. The third-order valence-electron chi connectivity index (χ3n) is 3.01. The summed E-state index contributed by atoms with van der Waals surface area (Å²) in [6, 6.07) is 9.27. The number of hydrogen-bond acceptors (Lipinski definition) is 1. The molecule has 0 spiro atoms. The molecular formula is C15H11BrF4O.